The molecule has 2 fully saturated rings. The summed E-state index contributed by atoms with van der Waals surface area (Å²) in [5, 5.41) is 3.55. The zero-order chi connectivity index (χ0) is 11.5. The molecule has 0 amide bonds. The monoisotopic (exact) mass is 224 g/mol. The second-order valence-electron chi connectivity index (χ2n) is 5.99. The standard InChI is InChI=1S/C14H28N2/c1-4-13(9-12-5-6-12)16-8-7-15-10-14(16)11(2)3/h11-15H,4-10H2,1-3H3. The van der Waals surface area contributed by atoms with Gasteiger partial charge in [-0.05, 0) is 24.7 Å². The Morgan fingerprint density at radius 2 is 2.06 bits per heavy atom. The van der Waals surface area contributed by atoms with Crippen LogP contribution in [0.1, 0.15) is 46.5 Å². The number of piperazine rings is 1. The van der Waals surface area contributed by atoms with Crippen LogP contribution < -0.4 is 5.32 Å². The Labute approximate surface area is 101 Å². The van der Waals surface area contributed by atoms with Gasteiger partial charge in [0, 0.05) is 31.7 Å². The maximum atomic E-state index is 3.55. The zero-order valence-corrected chi connectivity index (χ0v) is 11.2. The highest BCUT2D eigenvalue weighted by molar-refractivity contribution is 4.89. The molecule has 2 heteroatoms. The summed E-state index contributed by atoms with van der Waals surface area (Å²) >= 11 is 0. The quantitative estimate of drug-likeness (QED) is 0.772. The van der Waals surface area contributed by atoms with Crippen LogP contribution in [0.3, 0.4) is 0 Å². The van der Waals surface area contributed by atoms with E-state index in [9.17, 15) is 0 Å². The Balaban J connectivity index is 1.95. The van der Waals surface area contributed by atoms with E-state index in [2.05, 4.69) is 31.0 Å². The summed E-state index contributed by atoms with van der Waals surface area (Å²) in [5.74, 6) is 1.84. The van der Waals surface area contributed by atoms with E-state index in [1.165, 1.54) is 45.3 Å². The van der Waals surface area contributed by atoms with E-state index in [-0.39, 0.29) is 0 Å². The molecular weight excluding hydrogens is 196 g/mol. The predicted molar refractivity (Wildman–Crippen MR) is 69.6 cm³/mol. The van der Waals surface area contributed by atoms with Crippen LogP contribution in [-0.4, -0.2) is 36.6 Å². The minimum atomic E-state index is 0.762. The second-order valence-corrected chi connectivity index (χ2v) is 5.99. The molecule has 0 bridgehead atoms. The summed E-state index contributed by atoms with van der Waals surface area (Å²) in [5.41, 5.74) is 0. The number of hydrogen-bond donors (Lipinski definition) is 1. The highest BCUT2D eigenvalue weighted by Gasteiger charge is 2.33. The summed E-state index contributed by atoms with van der Waals surface area (Å²) in [4.78, 5) is 2.81. The van der Waals surface area contributed by atoms with Gasteiger partial charge in [-0.25, -0.2) is 0 Å². The van der Waals surface area contributed by atoms with Crippen LogP contribution in [-0.2, 0) is 0 Å². The SMILES string of the molecule is CCC(CC1CC1)N1CCNCC1C(C)C. The van der Waals surface area contributed by atoms with Crippen molar-refractivity contribution in [3.63, 3.8) is 0 Å². The predicted octanol–water partition coefficient (Wildman–Crippen LogP) is 2.49. The van der Waals surface area contributed by atoms with Crippen LogP contribution in [0.25, 0.3) is 0 Å². The van der Waals surface area contributed by atoms with E-state index in [0.29, 0.717) is 0 Å². The molecule has 0 aromatic heterocycles. The minimum absolute atomic E-state index is 0.762. The van der Waals surface area contributed by atoms with Gasteiger partial charge in [0.15, 0.2) is 0 Å². The van der Waals surface area contributed by atoms with E-state index in [1.54, 1.807) is 0 Å². The van der Waals surface area contributed by atoms with E-state index in [0.717, 1.165) is 23.9 Å². The third kappa shape index (κ3) is 2.98. The summed E-state index contributed by atoms with van der Waals surface area (Å²) in [6.07, 6.45) is 5.78. The molecule has 1 aliphatic carbocycles. The Morgan fingerprint density at radius 3 is 2.62 bits per heavy atom. The van der Waals surface area contributed by atoms with Crippen molar-refractivity contribution in [2.75, 3.05) is 19.6 Å². The van der Waals surface area contributed by atoms with Crippen LogP contribution >= 0.6 is 0 Å². The lowest BCUT2D eigenvalue weighted by atomic mass is 9.95. The molecule has 16 heavy (non-hydrogen) atoms. The fraction of sp³-hybridized carbons (Fsp3) is 1.00. The van der Waals surface area contributed by atoms with Gasteiger partial charge in [0.1, 0.15) is 0 Å². The molecule has 0 aromatic carbocycles. The lowest BCUT2D eigenvalue weighted by Gasteiger charge is -2.43. The van der Waals surface area contributed by atoms with Gasteiger partial charge in [-0.1, -0.05) is 33.6 Å². The van der Waals surface area contributed by atoms with Crippen molar-refractivity contribution in [1.82, 2.24) is 10.2 Å². The molecule has 1 N–H and O–H groups in total. The van der Waals surface area contributed by atoms with Crippen molar-refractivity contribution in [3.8, 4) is 0 Å². The molecule has 1 saturated carbocycles. The van der Waals surface area contributed by atoms with Gasteiger partial charge in [0.05, 0.1) is 0 Å². The third-order valence-corrected chi connectivity index (χ3v) is 4.34. The molecule has 2 unspecified atom stereocenters. The number of hydrogen-bond acceptors (Lipinski definition) is 2. The van der Waals surface area contributed by atoms with Crippen molar-refractivity contribution in [2.45, 2.75) is 58.5 Å². The van der Waals surface area contributed by atoms with Gasteiger partial charge >= 0.3 is 0 Å². The molecular formula is C14H28N2. The van der Waals surface area contributed by atoms with Crippen molar-refractivity contribution in [2.24, 2.45) is 11.8 Å². The molecule has 2 nitrogen and oxygen atoms in total. The van der Waals surface area contributed by atoms with Crippen molar-refractivity contribution >= 4 is 0 Å². The first kappa shape index (κ1) is 12.4. The van der Waals surface area contributed by atoms with E-state index >= 15 is 0 Å². The number of rotatable bonds is 5. The van der Waals surface area contributed by atoms with Crippen LogP contribution in [0, 0.1) is 11.8 Å². The Kier molecular flexibility index (Phi) is 4.26. The fourth-order valence-electron chi connectivity index (χ4n) is 3.09. The topological polar surface area (TPSA) is 15.3 Å². The van der Waals surface area contributed by atoms with Gasteiger partial charge in [0.25, 0.3) is 0 Å². The first-order valence-corrected chi connectivity index (χ1v) is 7.18. The molecule has 2 rings (SSSR count). The second kappa shape index (κ2) is 5.50. The minimum Gasteiger partial charge on any atom is -0.314 e. The molecule has 94 valence electrons. The first-order valence-electron chi connectivity index (χ1n) is 7.18. The summed E-state index contributed by atoms with van der Waals surface area (Å²) < 4.78 is 0. The molecule has 0 aromatic rings. The highest BCUT2D eigenvalue weighted by atomic mass is 15.2. The summed E-state index contributed by atoms with van der Waals surface area (Å²) in [6, 6.07) is 1.61. The average Bonchev–Trinajstić information content (AvgIpc) is 3.09. The van der Waals surface area contributed by atoms with E-state index in [4.69, 9.17) is 0 Å². The molecule has 2 aliphatic rings. The molecule has 1 heterocycles. The maximum absolute atomic E-state index is 3.55. The average molecular weight is 224 g/mol. The van der Waals surface area contributed by atoms with Crippen LogP contribution in [0.2, 0.25) is 0 Å². The van der Waals surface area contributed by atoms with Gasteiger partial charge in [-0.2, -0.15) is 0 Å². The molecule has 0 radical (unpaired) electrons. The smallest absolute Gasteiger partial charge is 0.0247 e. The van der Waals surface area contributed by atoms with E-state index in [1.807, 2.05) is 0 Å². The molecule has 1 saturated heterocycles. The summed E-state index contributed by atoms with van der Waals surface area (Å²) in [7, 11) is 0. The first-order chi connectivity index (χ1) is 7.72. The molecule has 1 aliphatic heterocycles. The lowest BCUT2D eigenvalue weighted by molar-refractivity contribution is 0.0675. The van der Waals surface area contributed by atoms with Gasteiger partial charge < -0.3 is 5.32 Å². The third-order valence-electron chi connectivity index (χ3n) is 4.34. The largest absolute Gasteiger partial charge is 0.314 e. The normalized spacial score (nSPS) is 29.6. The number of nitrogens with one attached hydrogen (secondary N) is 1. The van der Waals surface area contributed by atoms with E-state index < -0.39 is 0 Å². The lowest BCUT2D eigenvalue weighted by Crippen LogP contribution is -2.57. The Hall–Kier alpha value is -0.0800. The van der Waals surface area contributed by atoms with Crippen molar-refractivity contribution < 1.29 is 0 Å². The highest BCUT2D eigenvalue weighted by Crippen LogP contribution is 2.36. The zero-order valence-electron chi connectivity index (χ0n) is 11.2. The van der Waals surface area contributed by atoms with Gasteiger partial charge in [-0.15, -0.1) is 0 Å². The molecule has 0 spiro atoms. The van der Waals surface area contributed by atoms with Crippen LogP contribution in [0.5, 0.6) is 0 Å². The Bertz CT molecular complexity index is 211. The molecule has 2 atom stereocenters. The van der Waals surface area contributed by atoms with Gasteiger partial charge in [0.2, 0.25) is 0 Å². The van der Waals surface area contributed by atoms with Crippen LogP contribution in [0.4, 0.5) is 0 Å². The van der Waals surface area contributed by atoms with Crippen LogP contribution in [0.15, 0.2) is 0 Å². The van der Waals surface area contributed by atoms with Crippen molar-refractivity contribution in [3.05, 3.63) is 0 Å². The summed E-state index contributed by atoms with van der Waals surface area (Å²) in [6.45, 7) is 10.7. The van der Waals surface area contributed by atoms with Gasteiger partial charge in [-0.3, -0.25) is 4.90 Å². The Morgan fingerprint density at radius 1 is 1.31 bits per heavy atom. The fourth-order valence-corrected chi connectivity index (χ4v) is 3.09. The van der Waals surface area contributed by atoms with Crippen molar-refractivity contribution in [1.29, 1.82) is 0 Å². The maximum Gasteiger partial charge on any atom is 0.0247 e. The number of nitrogens with zero attached hydrogens (tertiary/aromatic N) is 1.